The Morgan fingerprint density at radius 1 is 0.260 bits per heavy atom. The van der Waals surface area contributed by atoms with Crippen LogP contribution in [0.5, 0.6) is 0 Å². The molecule has 0 saturated carbocycles. The molecule has 0 aromatic heterocycles. The highest BCUT2D eigenvalue weighted by molar-refractivity contribution is 5.71. The third-order valence-corrected chi connectivity index (χ3v) is 12.5. The molecule has 1 unspecified atom stereocenters. The normalized spacial score (nSPS) is 13.2. The second-order valence-corrected chi connectivity index (χ2v) is 19.8. The van der Waals surface area contributed by atoms with Crippen molar-refractivity contribution in [2.45, 2.75) is 258 Å². The van der Waals surface area contributed by atoms with Gasteiger partial charge in [-0.05, 0) is 141 Å². The number of unbranched alkanes of at least 4 members (excludes halogenated alkanes) is 17. The maximum Gasteiger partial charge on any atom is 0.306 e. The van der Waals surface area contributed by atoms with Gasteiger partial charge >= 0.3 is 17.9 Å². The second kappa shape index (κ2) is 63.6. The number of allylic oxidation sites excluding steroid dienone is 26. The molecular formula is C71H112O6. The summed E-state index contributed by atoms with van der Waals surface area (Å²) in [6, 6.07) is 0. The van der Waals surface area contributed by atoms with Crippen LogP contribution in [0.25, 0.3) is 0 Å². The highest BCUT2D eigenvalue weighted by Crippen LogP contribution is 2.14. The van der Waals surface area contributed by atoms with Gasteiger partial charge in [0.1, 0.15) is 13.2 Å². The third-order valence-electron chi connectivity index (χ3n) is 12.5. The van der Waals surface area contributed by atoms with Crippen molar-refractivity contribution >= 4 is 17.9 Å². The van der Waals surface area contributed by atoms with E-state index in [4.69, 9.17) is 14.2 Å². The number of hydrogen-bond acceptors (Lipinski definition) is 6. The summed E-state index contributed by atoms with van der Waals surface area (Å²) in [7, 11) is 0. The lowest BCUT2D eigenvalue weighted by Crippen LogP contribution is -2.30. The predicted octanol–water partition coefficient (Wildman–Crippen LogP) is 21.3. The summed E-state index contributed by atoms with van der Waals surface area (Å²) in [5, 5.41) is 0. The summed E-state index contributed by atoms with van der Waals surface area (Å²) in [5.74, 6) is -0.961. The summed E-state index contributed by atoms with van der Waals surface area (Å²) in [5.41, 5.74) is 0. The molecule has 432 valence electrons. The Labute approximate surface area is 473 Å². The average Bonchev–Trinajstić information content (AvgIpc) is 3.43. The van der Waals surface area contributed by atoms with Gasteiger partial charge in [-0.3, -0.25) is 14.4 Å². The van der Waals surface area contributed by atoms with Crippen molar-refractivity contribution in [2.75, 3.05) is 13.2 Å². The molecular weight excluding hydrogens is 949 g/mol. The standard InChI is InChI=1S/C71H112O6/c1-4-7-10-13-16-19-22-25-27-29-31-33-34-35-36-38-39-41-43-46-49-52-55-58-61-64-70(73)76-67-68(66-75-69(72)63-60-57-54-51-48-45-24-21-18-15-12-9-6-3)77-71(74)65-62-59-56-53-50-47-44-42-40-37-32-30-28-26-23-20-17-14-11-8-5-2/h7-12,16-21,25-28,31-33,35-37,39,41,45,48,68H,4-6,13-15,22-24,29-30,34,38,40,42-44,46-47,49-67H2,1-3H3/b10-7-,11-8-,12-9-,19-16-,20-17-,21-18-,27-25-,28-26-,33-31-,36-35-,37-32-,41-39-,48-45-. The average molecular weight is 1060 g/mol. The molecule has 77 heavy (non-hydrogen) atoms. The Hall–Kier alpha value is -4.97. The van der Waals surface area contributed by atoms with E-state index in [1.807, 2.05) is 0 Å². The largest absolute Gasteiger partial charge is 0.462 e. The summed E-state index contributed by atoms with van der Waals surface area (Å²) < 4.78 is 16.9. The number of esters is 3. The van der Waals surface area contributed by atoms with Crippen molar-refractivity contribution in [3.05, 3.63) is 158 Å². The van der Waals surface area contributed by atoms with Crippen LogP contribution >= 0.6 is 0 Å². The first-order valence-electron chi connectivity index (χ1n) is 31.0. The SMILES string of the molecule is CC/C=C\C/C=C\C/C=C\C/C=C\C/C=C\C/C=C\CCCCCCCCC(=O)OCC(COC(=O)CCCCC/C=C\C/C=C\C/C=C\CC)OC(=O)CCCCCCCCCC/C=C\C/C=C\C/C=C\C/C=C\CC. The monoisotopic (exact) mass is 1060 g/mol. The van der Waals surface area contributed by atoms with Crippen molar-refractivity contribution in [3.8, 4) is 0 Å². The first-order chi connectivity index (χ1) is 38.0. The van der Waals surface area contributed by atoms with Crippen LogP contribution in [0.15, 0.2) is 158 Å². The zero-order valence-electron chi connectivity index (χ0n) is 49.4. The summed E-state index contributed by atoms with van der Waals surface area (Å²) in [6.07, 6.45) is 92.4. The Morgan fingerprint density at radius 2 is 0.468 bits per heavy atom. The van der Waals surface area contributed by atoms with Gasteiger partial charge in [-0.2, -0.15) is 0 Å². The van der Waals surface area contributed by atoms with Crippen LogP contribution in [0.4, 0.5) is 0 Å². The number of ether oxygens (including phenoxy) is 3. The molecule has 0 aliphatic heterocycles. The van der Waals surface area contributed by atoms with Crippen LogP contribution in [0, 0.1) is 0 Å². The summed E-state index contributed by atoms with van der Waals surface area (Å²) in [4.78, 5) is 38.3. The van der Waals surface area contributed by atoms with Crippen LogP contribution in [0.1, 0.15) is 252 Å². The van der Waals surface area contributed by atoms with Crippen LogP contribution < -0.4 is 0 Å². The van der Waals surface area contributed by atoms with Crippen LogP contribution in [-0.4, -0.2) is 37.2 Å². The van der Waals surface area contributed by atoms with E-state index in [0.717, 1.165) is 167 Å². The van der Waals surface area contributed by atoms with Gasteiger partial charge in [0.05, 0.1) is 0 Å². The summed E-state index contributed by atoms with van der Waals surface area (Å²) in [6.45, 7) is 6.25. The third kappa shape index (κ3) is 61.8. The van der Waals surface area contributed by atoms with Crippen LogP contribution in [0.2, 0.25) is 0 Å². The van der Waals surface area contributed by atoms with Gasteiger partial charge < -0.3 is 14.2 Å². The van der Waals surface area contributed by atoms with Crippen LogP contribution in [-0.2, 0) is 28.6 Å². The van der Waals surface area contributed by atoms with E-state index in [1.165, 1.54) is 44.9 Å². The van der Waals surface area contributed by atoms with E-state index in [1.54, 1.807) is 0 Å². The Balaban J connectivity index is 4.44. The second-order valence-electron chi connectivity index (χ2n) is 19.8. The summed E-state index contributed by atoms with van der Waals surface area (Å²) >= 11 is 0. The molecule has 0 heterocycles. The van der Waals surface area contributed by atoms with Gasteiger partial charge in [0, 0.05) is 19.3 Å². The quantitative estimate of drug-likeness (QED) is 0.0261. The first kappa shape index (κ1) is 72.0. The lowest BCUT2D eigenvalue weighted by molar-refractivity contribution is -0.167. The van der Waals surface area contributed by atoms with Crippen molar-refractivity contribution in [1.82, 2.24) is 0 Å². The molecule has 0 saturated heterocycles. The molecule has 0 aromatic rings. The molecule has 6 nitrogen and oxygen atoms in total. The number of carbonyl (C=O) groups excluding carboxylic acids is 3. The molecule has 0 amide bonds. The number of hydrogen-bond donors (Lipinski definition) is 0. The molecule has 0 aromatic carbocycles. The van der Waals surface area contributed by atoms with E-state index in [-0.39, 0.29) is 31.1 Å². The highest BCUT2D eigenvalue weighted by Gasteiger charge is 2.19. The topological polar surface area (TPSA) is 78.9 Å². The zero-order chi connectivity index (χ0) is 55.7. The van der Waals surface area contributed by atoms with Gasteiger partial charge in [0.2, 0.25) is 0 Å². The van der Waals surface area contributed by atoms with E-state index < -0.39 is 6.10 Å². The molecule has 0 spiro atoms. The molecule has 0 aliphatic carbocycles. The lowest BCUT2D eigenvalue weighted by Gasteiger charge is -2.18. The Bertz CT molecular complexity index is 1740. The maximum atomic E-state index is 12.9. The number of rotatable bonds is 54. The molecule has 0 fully saturated rings. The fourth-order valence-corrected chi connectivity index (χ4v) is 7.98. The van der Waals surface area contributed by atoms with Crippen molar-refractivity contribution in [3.63, 3.8) is 0 Å². The fraction of sp³-hybridized carbons (Fsp3) is 0.592. The minimum Gasteiger partial charge on any atom is -0.462 e. The molecule has 0 aliphatic rings. The van der Waals surface area contributed by atoms with Crippen LogP contribution in [0.3, 0.4) is 0 Å². The van der Waals surface area contributed by atoms with Gasteiger partial charge in [-0.15, -0.1) is 0 Å². The molecule has 0 N–H and O–H groups in total. The molecule has 1 atom stereocenters. The maximum absolute atomic E-state index is 12.9. The molecule has 0 radical (unpaired) electrons. The van der Waals surface area contributed by atoms with Crippen molar-refractivity contribution in [1.29, 1.82) is 0 Å². The highest BCUT2D eigenvalue weighted by atomic mass is 16.6. The Morgan fingerprint density at radius 3 is 0.740 bits per heavy atom. The van der Waals surface area contributed by atoms with E-state index in [9.17, 15) is 14.4 Å². The Kier molecular flexibility index (Phi) is 59.5. The minimum absolute atomic E-state index is 0.105. The fourth-order valence-electron chi connectivity index (χ4n) is 7.98. The minimum atomic E-state index is -0.810. The molecule has 6 heteroatoms. The smallest absolute Gasteiger partial charge is 0.306 e. The van der Waals surface area contributed by atoms with Gasteiger partial charge in [0.15, 0.2) is 6.10 Å². The van der Waals surface area contributed by atoms with Gasteiger partial charge in [-0.1, -0.05) is 249 Å². The van der Waals surface area contributed by atoms with E-state index >= 15 is 0 Å². The number of carbonyl (C=O) groups is 3. The van der Waals surface area contributed by atoms with Gasteiger partial charge in [0.25, 0.3) is 0 Å². The van der Waals surface area contributed by atoms with Crippen molar-refractivity contribution < 1.29 is 28.6 Å². The molecule has 0 bridgehead atoms. The predicted molar refractivity (Wildman–Crippen MR) is 334 cm³/mol. The molecule has 0 rings (SSSR count). The van der Waals surface area contributed by atoms with Gasteiger partial charge in [-0.25, -0.2) is 0 Å². The first-order valence-corrected chi connectivity index (χ1v) is 31.0. The zero-order valence-corrected chi connectivity index (χ0v) is 49.4. The van der Waals surface area contributed by atoms with Crippen molar-refractivity contribution in [2.24, 2.45) is 0 Å². The lowest BCUT2D eigenvalue weighted by atomic mass is 10.1. The van der Waals surface area contributed by atoms with E-state index in [0.29, 0.717) is 19.3 Å². The van der Waals surface area contributed by atoms with E-state index in [2.05, 4.69) is 179 Å².